The molecule has 12 heavy (non-hydrogen) atoms. The van der Waals surface area contributed by atoms with Crippen LogP contribution in [0.2, 0.25) is 0 Å². The first-order valence-electron chi connectivity index (χ1n) is 4.21. The number of rotatable bonds is 1. The Hall–Kier alpha value is -0.800. The number of hydrogen-bond donors (Lipinski definition) is 0. The lowest BCUT2D eigenvalue weighted by molar-refractivity contribution is -0.0535. The summed E-state index contributed by atoms with van der Waals surface area (Å²) >= 11 is 0. The van der Waals surface area contributed by atoms with Crippen LogP contribution < -0.4 is 0 Å². The van der Waals surface area contributed by atoms with Crippen molar-refractivity contribution in [3.63, 3.8) is 0 Å². The minimum absolute atomic E-state index is 0.124. The molecule has 1 unspecified atom stereocenters. The first kappa shape index (κ1) is 9.29. The average molecular weight is 173 g/mol. The molecule has 1 aliphatic rings. The third kappa shape index (κ3) is 1.52. The van der Waals surface area contributed by atoms with Crippen LogP contribution in [0.3, 0.4) is 0 Å². The lowest BCUT2D eigenvalue weighted by atomic mass is 9.92. The van der Waals surface area contributed by atoms with Crippen molar-refractivity contribution < 1.29 is 4.48 Å². The van der Waals surface area contributed by atoms with Gasteiger partial charge in [-0.15, -0.1) is 0 Å². The highest BCUT2D eigenvalue weighted by Gasteiger charge is 2.37. The van der Waals surface area contributed by atoms with E-state index in [0.29, 0.717) is 5.12 Å². The van der Waals surface area contributed by atoms with Gasteiger partial charge in [0, 0.05) is 12.0 Å². The number of halogens is 1. The van der Waals surface area contributed by atoms with Gasteiger partial charge >= 0.3 is 0 Å². The largest absolute Gasteiger partial charge is 0.270 e. The lowest BCUT2D eigenvalue weighted by Crippen LogP contribution is -2.45. The van der Waals surface area contributed by atoms with Crippen LogP contribution in [0.1, 0.15) is 27.7 Å². The number of nitrogens with zero attached hydrogens (tertiary/aromatic N) is 3. The van der Waals surface area contributed by atoms with E-state index < -0.39 is 0 Å². The molecule has 0 saturated carbocycles. The molecule has 1 rings (SSSR count). The number of hydrazone groups is 1. The van der Waals surface area contributed by atoms with Gasteiger partial charge in [0.1, 0.15) is 6.34 Å². The SMILES string of the molecule is CCN1N=CN(F)C1C(C)(C)C. The summed E-state index contributed by atoms with van der Waals surface area (Å²) in [6.07, 6.45) is 0.974. The summed E-state index contributed by atoms with van der Waals surface area (Å²) in [5, 5.41) is 6.36. The normalized spacial score (nSPS) is 23.9. The van der Waals surface area contributed by atoms with Crippen molar-refractivity contribution in [2.24, 2.45) is 10.5 Å². The maximum absolute atomic E-state index is 13.2. The molecule has 0 aromatic rings. The smallest absolute Gasteiger partial charge is 0.154 e. The molecule has 1 aliphatic heterocycles. The molecule has 1 atom stereocenters. The Balaban J connectivity index is 2.75. The second-order valence-electron chi connectivity index (χ2n) is 4.07. The standard InChI is InChI=1S/C8H16FN3/c1-5-12-7(8(2,3)4)11(9)6-10-12/h6-7H,5H2,1-4H3. The van der Waals surface area contributed by atoms with E-state index in [4.69, 9.17) is 0 Å². The zero-order valence-electron chi connectivity index (χ0n) is 8.08. The van der Waals surface area contributed by atoms with Gasteiger partial charge in [-0.2, -0.15) is 10.2 Å². The fourth-order valence-corrected chi connectivity index (χ4v) is 1.44. The van der Waals surface area contributed by atoms with Gasteiger partial charge in [0.2, 0.25) is 0 Å². The van der Waals surface area contributed by atoms with Crippen molar-refractivity contribution in [1.82, 2.24) is 10.1 Å². The summed E-state index contributed by atoms with van der Waals surface area (Å²) < 4.78 is 13.2. The van der Waals surface area contributed by atoms with E-state index in [-0.39, 0.29) is 11.6 Å². The zero-order chi connectivity index (χ0) is 9.35. The van der Waals surface area contributed by atoms with E-state index in [1.807, 2.05) is 27.7 Å². The lowest BCUT2D eigenvalue weighted by Gasteiger charge is -2.34. The van der Waals surface area contributed by atoms with E-state index >= 15 is 0 Å². The van der Waals surface area contributed by atoms with Crippen molar-refractivity contribution in [3.05, 3.63) is 0 Å². The summed E-state index contributed by atoms with van der Waals surface area (Å²) in [6.45, 7) is 8.71. The van der Waals surface area contributed by atoms with E-state index in [2.05, 4.69) is 5.10 Å². The van der Waals surface area contributed by atoms with Crippen LogP contribution >= 0.6 is 0 Å². The molecule has 0 saturated heterocycles. The fourth-order valence-electron chi connectivity index (χ4n) is 1.44. The minimum Gasteiger partial charge on any atom is -0.270 e. The van der Waals surface area contributed by atoms with Crippen molar-refractivity contribution in [2.75, 3.05) is 6.54 Å². The van der Waals surface area contributed by atoms with Crippen LogP contribution in [-0.2, 0) is 0 Å². The monoisotopic (exact) mass is 173 g/mol. The highest BCUT2D eigenvalue weighted by atomic mass is 19.2. The van der Waals surface area contributed by atoms with Crippen molar-refractivity contribution in [1.29, 1.82) is 0 Å². The molecule has 0 N–H and O–H groups in total. The van der Waals surface area contributed by atoms with Crippen LogP contribution in [0.15, 0.2) is 5.10 Å². The molecule has 0 aromatic heterocycles. The van der Waals surface area contributed by atoms with Crippen LogP contribution in [0.5, 0.6) is 0 Å². The van der Waals surface area contributed by atoms with Gasteiger partial charge in [0.15, 0.2) is 6.17 Å². The van der Waals surface area contributed by atoms with Gasteiger partial charge in [-0.05, 0) is 6.92 Å². The Labute approximate surface area is 72.8 Å². The fraction of sp³-hybridized carbons (Fsp3) is 0.875. The Morgan fingerprint density at radius 3 is 2.42 bits per heavy atom. The molecule has 4 heteroatoms. The quantitative estimate of drug-likeness (QED) is 0.563. The molecule has 70 valence electrons. The summed E-state index contributed by atoms with van der Waals surface area (Å²) in [5.41, 5.74) is -0.124. The molecule has 0 aliphatic carbocycles. The zero-order valence-corrected chi connectivity index (χ0v) is 8.08. The molecule has 0 amide bonds. The van der Waals surface area contributed by atoms with Crippen LogP contribution in [0.25, 0.3) is 0 Å². The topological polar surface area (TPSA) is 18.8 Å². The summed E-state index contributed by atoms with van der Waals surface area (Å²) in [7, 11) is 0. The molecule has 0 fully saturated rings. The maximum Gasteiger partial charge on any atom is 0.154 e. The molecule has 0 spiro atoms. The van der Waals surface area contributed by atoms with Crippen molar-refractivity contribution in [3.8, 4) is 0 Å². The Morgan fingerprint density at radius 1 is 1.50 bits per heavy atom. The van der Waals surface area contributed by atoms with E-state index in [9.17, 15) is 4.48 Å². The van der Waals surface area contributed by atoms with Gasteiger partial charge in [0.05, 0.1) is 0 Å². The van der Waals surface area contributed by atoms with Crippen LogP contribution in [-0.4, -0.2) is 29.2 Å². The van der Waals surface area contributed by atoms with Gasteiger partial charge in [0.25, 0.3) is 0 Å². The Morgan fingerprint density at radius 2 is 2.08 bits per heavy atom. The molecular formula is C8H16FN3. The predicted molar refractivity (Wildman–Crippen MR) is 47.1 cm³/mol. The minimum atomic E-state index is -0.262. The molecular weight excluding hydrogens is 157 g/mol. The van der Waals surface area contributed by atoms with E-state index in [1.54, 1.807) is 5.01 Å². The molecule has 3 nitrogen and oxygen atoms in total. The third-order valence-electron chi connectivity index (χ3n) is 1.92. The van der Waals surface area contributed by atoms with Crippen LogP contribution in [0.4, 0.5) is 4.48 Å². The van der Waals surface area contributed by atoms with Gasteiger partial charge < -0.3 is 0 Å². The Bertz CT molecular complexity index is 185. The van der Waals surface area contributed by atoms with Gasteiger partial charge in [-0.25, -0.2) is 0 Å². The molecule has 0 radical (unpaired) electrons. The predicted octanol–water partition coefficient (Wildman–Crippen LogP) is 1.82. The van der Waals surface area contributed by atoms with Crippen molar-refractivity contribution >= 4 is 6.34 Å². The van der Waals surface area contributed by atoms with Gasteiger partial charge in [-0.3, -0.25) is 5.01 Å². The van der Waals surface area contributed by atoms with E-state index in [0.717, 1.165) is 6.54 Å². The second-order valence-corrected chi connectivity index (χ2v) is 4.07. The van der Waals surface area contributed by atoms with E-state index in [1.165, 1.54) is 6.34 Å². The summed E-state index contributed by atoms with van der Waals surface area (Å²) in [4.78, 5) is 0. The Kier molecular flexibility index (Phi) is 2.26. The molecule has 0 bridgehead atoms. The molecule has 1 heterocycles. The first-order valence-corrected chi connectivity index (χ1v) is 4.21. The number of hydrogen-bond acceptors (Lipinski definition) is 3. The summed E-state index contributed by atoms with van der Waals surface area (Å²) in [6, 6.07) is 0. The first-order chi connectivity index (χ1) is 5.46. The maximum atomic E-state index is 13.2. The van der Waals surface area contributed by atoms with Crippen LogP contribution in [0, 0.1) is 5.41 Å². The summed E-state index contributed by atoms with van der Waals surface area (Å²) in [5.74, 6) is 0. The van der Waals surface area contributed by atoms with Crippen molar-refractivity contribution in [2.45, 2.75) is 33.9 Å². The second kappa shape index (κ2) is 2.92. The van der Waals surface area contributed by atoms with Gasteiger partial charge in [-0.1, -0.05) is 25.3 Å². The average Bonchev–Trinajstić information content (AvgIpc) is 2.29. The third-order valence-corrected chi connectivity index (χ3v) is 1.92. The highest BCUT2D eigenvalue weighted by Crippen LogP contribution is 2.29. The molecule has 0 aromatic carbocycles. The highest BCUT2D eigenvalue weighted by molar-refractivity contribution is 5.55.